The Morgan fingerprint density at radius 1 is 1.42 bits per heavy atom. The minimum absolute atomic E-state index is 0.0768. The molecule has 1 fully saturated rings. The van der Waals surface area contributed by atoms with Crippen LogP contribution in [0.3, 0.4) is 0 Å². The number of amides is 2. The molecule has 0 saturated carbocycles. The predicted molar refractivity (Wildman–Crippen MR) is 94.1 cm³/mol. The van der Waals surface area contributed by atoms with Crippen LogP contribution in [0.25, 0.3) is 0 Å². The zero-order valence-corrected chi connectivity index (χ0v) is 15.4. The Labute approximate surface area is 144 Å². The zero-order valence-electron chi connectivity index (χ0n) is 14.5. The van der Waals surface area contributed by atoms with Gasteiger partial charge in [-0.3, -0.25) is 0 Å². The molecule has 0 aliphatic carbocycles. The van der Waals surface area contributed by atoms with Gasteiger partial charge in [-0.1, -0.05) is 13.0 Å². The molecular formula is C17H26N2O4S. The number of urea groups is 1. The first-order chi connectivity index (χ1) is 11.3. The van der Waals surface area contributed by atoms with Crippen LogP contribution in [0.2, 0.25) is 0 Å². The molecule has 0 unspecified atom stereocenters. The number of aryl methyl sites for hydroxylation is 1. The molecule has 1 saturated heterocycles. The maximum Gasteiger partial charge on any atom is 0.321 e. The summed E-state index contributed by atoms with van der Waals surface area (Å²) in [4.78, 5) is 14.4. The van der Waals surface area contributed by atoms with Gasteiger partial charge in [-0.15, -0.1) is 0 Å². The second-order valence-electron chi connectivity index (χ2n) is 6.26. The molecule has 7 heteroatoms. The van der Waals surface area contributed by atoms with Crippen molar-refractivity contribution in [2.45, 2.75) is 44.1 Å². The number of piperidine rings is 1. The third-order valence-electron chi connectivity index (χ3n) is 4.10. The van der Waals surface area contributed by atoms with E-state index in [9.17, 15) is 13.2 Å². The van der Waals surface area contributed by atoms with Crippen LogP contribution in [0.4, 0.5) is 10.5 Å². The van der Waals surface area contributed by atoms with Gasteiger partial charge in [-0.05, 0) is 43.9 Å². The second-order valence-corrected chi connectivity index (χ2v) is 8.28. The number of benzene rings is 1. The lowest BCUT2D eigenvalue weighted by molar-refractivity contribution is 0.0115. The van der Waals surface area contributed by atoms with Crippen molar-refractivity contribution in [1.29, 1.82) is 0 Å². The van der Waals surface area contributed by atoms with Crippen molar-refractivity contribution in [3.8, 4) is 0 Å². The fourth-order valence-corrected chi connectivity index (χ4v) is 3.35. The number of hydrogen-bond donors (Lipinski definition) is 1. The van der Waals surface area contributed by atoms with Gasteiger partial charge in [0.2, 0.25) is 0 Å². The summed E-state index contributed by atoms with van der Waals surface area (Å²) in [6, 6.07) is 4.55. The summed E-state index contributed by atoms with van der Waals surface area (Å²) in [5.74, 6) is 0. The first kappa shape index (κ1) is 18.7. The Bertz CT molecular complexity index is 688. The minimum Gasteiger partial charge on any atom is -0.376 e. The van der Waals surface area contributed by atoms with Crippen LogP contribution in [0.15, 0.2) is 23.1 Å². The van der Waals surface area contributed by atoms with Gasteiger partial charge in [0.05, 0.1) is 11.0 Å². The van der Waals surface area contributed by atoms with Gasteiger partial charge in [0, 0.05) is 31.6 Å². The van der Waals surface area contributed by atoms with Crippen molar-refractivity contribution in [3.05, 3.63) is 23.8 Å². The van der Waals surface area contributed by atoms with E-state index in [2.05, 4.69) is 12.2 Å². The van der Waals surface area contributed by atoms with Crippen molar-refractivity contribution in [2.75, 3.05) is 31.3 Å². The highest BCUT2D eigenvalue weighted by atomic mass is 32.2. The van der Waals surface area contributed by atoms with Gasteiger partial charge in [-0.2, -0.15) is 0 Å². The van der Waals surface area contributed by atoms with Gasteiger partial charge < -0.3 is 15.0 Å². The highest BCUT2D eigenvalue weighted by molar-refractivity contribution is 7.90. The van der Waals surface area contributed by atoms with Crippen LogP contribution < -0.4 is 5.32 Å². The van der Waals surface area contributed by atoms with Crippen LogP contribution in [0.1, 0.15) is 31.7 Å². The van der Waals surface area contributed by atoms with E-state index in [1.54, 1.807) is 17.0 Å². The summed E-state index contributed by atoms with van der Waals surface area (Å²) in [7, 11) is -3.31. The maximum absolute atomic E-state index is 12.5. The molecule has 1 aliphatic rings. The van der Waals surface area contributed by atoms with Crippen molar-refractivity contribution in [3.63, 3.8) is 0 Å². The number of sulfone groups is 1. The van der Waals surface area contributed by atoms with Crippen molar-refractivity contribution >= 4 is 21.6 Å². The fraction of sp³-hybridized carbons (Fsp3) is 0.588. The smallest absolute Gasteiger partial charge is 0.321 e. The average molecular weight is 354 g/mol. The first-order valence-electron chi connectivity index (χ1n) is 8.29. The molecule has 24 heavy (non-hydrogen) atoms. The summed E-state index contributed by atoms with van der Waals surface area (Å²) in [6.45, 7) is 5.85. The molecule has 1 aliphatic heterocycles. The normalized spacial score (nSPS) is 18.5. The number of hydrogen-bond acceptors (Lipinski definition) is 4. The van der Waals surface area contributed by atoms with Gasteiger partial charge in [0.15, 0.2) is 9.84 Å². The molecule has 1 N–H and O–H groups in total. The monoisotopic (exact) mass is 354 g/mol. The molecule has 2 amide bonds. The van der Waals surface area contributed by atoms with E-state index in [4.69, 9.17) is 4.74 Å². The molecule has 1 aromatic rings. The summed E-state index contributed by atoms with van der Waals surface area (Å²) < 4.78 is 29.1. The van der Waals surface area contributed by atoms with E-state index < -0.39 is 9.84 Å². The molecule has 0 bridgehead atoms. The lowest BCUT2D eigenvalue weighted by Gasteiger charge is -2.32. The number of carbonyl (C=O) groups excluding carboxylic acids is 1. The predicted octanol–water partition coefficient (Wildman–Crippen LogP) is 2.82. The standard InChI is InChI=1S/C17H26N2O4S/c1-4-10-23-14-6-5-9-19(12-14)17(20)18-16-11-15(24(3,21)22)8-7-13(16)2/h7-8,11,14H,4-6,9-10,12H2,1-3H3,(H,18,20)/t14-/m1/s1. The van der Waals surface area contributed by atoms with E-state index in [1.807, 2.05) is 6.92 Å². The third kappa shape index (κ3) is 4.95. The second kappa shape index (κ2) is 7.98. The Balaban J connectivity index is 2.06. The number of nitrogens with one attached hydrogen (secondary N) is 1. The summed E-state index contributed by atoms with van der Waals surface area (Å²) in [5, 5.41) is 2.84. The molecule has 1 aromatic carbocycles. The Morgan fingerprint density at radius 2 is 2.17 bits per heavy atom. The van der Waals surface area contributed by atoms with Crippen LogP contribution >= 0.6 is 0 Å². The molecule has 0 radical (unpaired) electrons. The van der Waals surface area contributed by atoms with E-state index >= 15 is 0 Å². The third-order valence-corrected chi connectivity index (χ3v) is 5.21. The lowest BCUT2D eigenvalue weighted by atomic mass is 10.1. The highest BCUT2D eigenvalue weighted by Crippen LogP contribution is 2.21. The average Bonchev–Trinajstić information content (AvgIpc) is 2.54. The van der Waals surface area contributed by atoms with Crippen LogP contribution in [0.5, 0.6) is 0 Å². The number of nitrogens with zero attached hydrogens (tertiary/aromatic N) is 1. The highest BCUT2D eigenvalue weighted by Gasteiger charge is 2.24. The van der Waals surface area contributed by atoms with Crippen LogP contribution in [-0.4, -0.2) is 51.4 Å². The van der Waals surface area contributed by atoms with Gasteiger partial charge >= 0.3 is 6.03 Å². The van der Waals surface area contributed by atoms with Crippen molar-refractivity contribution in [1.82, 2.24) is 4.90 Å². The van der Waals surface area contributed by atoms with Gasteiger partial charge in [0.1, 0.15) is 0 Å². The quantitative estimate of drug-likeness (QED) is 0.882. The Morgan fingerprint density at radius 3 is 2.83 bits per heavy atom. The number of rotatable bonds is 5. The molecule has 2 rings (SSSR count). The molecule has 0 aromatic heterocycles. The van der Waals surface area contributed by atoms with Crippen molar-refractivity contribution < 1.29 is 17.9 Å². The van der Waals surface area contributed by atoms with E-state index in [-0.39, 0.29) is 17.0 Å². The first-order valence-corrected chi connectivity index (χ1v) is 10.2. The molecule has 6 nitrogen and oxygen atoms in total. The van der Waals surface area contributed by atoms with Gasteiger partial charge in [-0.25, -0.2) is 13.2 Å². The molecule has 1 heterocycles. The topological polar surface area (TPSA) is 75.7 Å². The molecule has 134 valence electrons. The largest absolute Gasteiger partial charge is 0.376 e. The van der Waals surface area contributed by atoms with Crippen molar-refractivity contribution in [2.24, 2.45) is 0 Å². The lowest BCUT2D eigenvalue weighted by Crippen LogP contribution is -2.45. The number of likely N-dealkylation sites (tertiary alicyclic amines) is 1. The summed E-state index contributed by atoms with van der Waals surface area (Å²) >= 11 is 0. The summed E-state index contributed by atoms with van der Waals surface area (Å²) in [6.07, 6.45) is 4.06. The summed E-state index contributed by atoms with van der Waals surface area (Å²) in [5.41, 5.74) is 1.35. The van der Waals surface area contributed by atoms with E-state index in [1.165, 1.54) is 6.07 Å². The number of anilines is 1. The number of ether oxygens (including phenoxy) is 1. The molecule has 1 atom stereocenters. The number of carbonyl (C=O) groups is 1. The fourth-order valence-electron chi connectivity index (χ4n) is 2.70. The Hall–Kier alpha value is -1.60. The van der Waals surface area contributed by atoms with E-state index in [0.29, 0.717) is 25.4 Å². The minimum atomic E-state index is -3.31. The molecule has 0 spiro atoms. The zero-order chi connectivity index (χ0) is 17.7. The van der Waals surface area contributed by atoms with Crippen LogP contribution in [-0.2, 0) is 14.6 Å². The SMILES string of the molecule is CCCO[C@@H]1CCCN(C(=O)Nc2cc(S(C)(=O)=O)ccc2C)C1. The van der Waals surface area contributed by atoms with Gasteiger partial charge in [0.25, 0.3) is 0 Å². The molecular weight excluding hydrogens is 328 g/mol. The Kier molecular flexibility index (Phi) is 6.23. The maximum atomic E-state index is 12.5. The van der Waals surface area contributed by atoms with E-state index in [0.717, 1.165) is 31.1 Å². The van der Waals surface area contributed by atoms with Crippen LogP contribution in [0, 0.1) is 6.92 Å².